The van der Waals surface area contributed by atoms with Gasteiger partial charge in [-0.15, -0.1) is 10.2 Å². The number of aliphatic hydroxyl groups is 1. The number of likely N-dealkylation sites (tertiary alicyclic amines) is 1. The number of cyclic esters (lactones) is 1. The zero-order valence-corrected chi connectivity index (χ0v) is 17.8. The number of esters is 1. The van der Waals surface area contributed by atoms with E-state index in [9.17, 15) is 9.90 Å². The zero-order valence-electron chi connectivity index (χ0n) is 17.0. The lowest BCUT2D eigenvalue weighted by atomic mass is 9.76. The van der Waals surface area contributed by atoms with E-state index in [0.29, 0.717) is 5.92 Å². The summed E-state index contributed by atoms with van der Waals surface area (Å²) in [4.78, 5) is 17.3. The minimum absolute atomic E-state index is 0.00605. The number of ether oxygens (including phenoxy) is 1. The van der Waals surface area contributed by atoms with Crippen LogP contribution in [0.2, 0.25) is 0 Å². The van der Waals surface area contributed by atoms with Crippen molar-refractivity contribution in [2.75, 3.05) is 37.6 Å². The number of hydrogen-bond acceptors (Lipinski definition) is 8. The molecular weight excluding hydrogens is 376 g/mol. The molecule has 28 heavy (non-hydrogen) atoms. The molecule has 1 atom stereocenters. The van der Waals surface area contributed by atoms with Crippen LogP contribution in [0.25, 0.3) is 0 Å². The average molecular weight is 409 g/mol. The molecule has 1 aromatic heterocycles. The highest BCUT2D eigenvalue weighted by Crippen LogP contribution is 2.44. The van der Waals surface area contributed by atoms with Crippen LogP contribution in [0, 0.1) is 11.3 Å². The van der Waals surface area contributed by atoms with Gasteiger partial charge in [0.2, 0.25) is 5.13 Å². The summed E-state index contributed by atoms with van der Waals surface area (Å²) in [6, 6.07) is 0. The molecule has 4 rings (SSSR count). The summed E-state index contributed by atoms with van der Waals surface area (Å²) in [5, 5.41) is 20.5. The number of carbonyl (C=O) groups excluding carboxylic acids is 1. The molecule has 0 radical (unpaired) electrons. The average Bonchev–Trinajstić information content (AvgIpc) is 3.22. The van der Waals surface area contributed by atoms with Gasteiger partial charge in [0.15, 0.2) is 0 Å². The molecule has 0 amide bonds. The number of nitrogens with zero attached hydrogens (tertiary/aromatic N) is 4. The summed E-state index contributed by atoms with van der Waals surface area (Å²) in [5.41, 5.74) is -0.318. The number of carbonyl (C=O) groups is 1. The fraction of sp³-hybridized carbons (Fsp3) is 0.850. The maximum atomic E-state index is 12.7. The Morgan fingerprint density at radius 1 is 1.21 bits per heavy atom. The minimum Gasteiger partial charge on any atom is -0.461 e. The van der Waals surface area contributed by atoms with Crippen molar-refractivity contribution in [1.82, 2.24) is 15.1 Å². The fourth-order valence-corrected chi connectivity index (χ4v) is 5.77. The Balaban J connectivity index is 1.31. The van der Waals surface area contributed by atoms with Crippen molar-refractivity contribution < 1.29 is 14.6 Å². The topological polar surface area (TPSA) is 78.8 Å². The van der Waals surface area contributed by atoms with E-state index in [0.717, 1.165) is 81.4 Å². The molecule has 8 heteroatoms. The first kappa shape index (κ1) is 20.0. The van der Waals surface area contributed by atoms with Crippen LogP contribution in [0.4, 0.5) is 5.13 Å². The minimum atomic E-state index is -0.318. The Morgan fingerprint density at radius 2 is 1.93 bits per heavy atom. The molecule has 3 aliphatic rings. The molecule has 0 aromatic carbocycles. The molecule has 1 spiro atoms. The molecule has 0 aliphatic carbocycles. The second-order valence-electron chi connectivity index (χ2n) is 9.11. The van der Waals surface area contributed by atoms with Crippen LogP contribution in [0.3, 0.4) is 0 Å². The molecule has 1 unspecified atom stereocenters. The third-order valence-corrected chi connectivity index (χ3v) is 7.38. The zero-order chi connectivity index (χ0) is 19.7. The van der Waals surface area contributed by atoms with Gasteiger partial charge in [-0.1, -0.05) is 25.2 Å². The summed E-state index contributed by atoms with van der Waals surface area (Å²) in [6.07, 6.45) is 4.93. The van der Waals surface area contributed by atoms with Gasteiger partial charge in [0.05, 0.1) is 11.5 Å². The van der Waals surface area contributed by atoms with E-state index in [1.54, 1.807) is 11.3 Å². The Labute approximate surface area is 171 Å². The summed E-state index contributed by atoms with van der Waals surface area (Å²) < 4.78 is 5.79. The molecule has 7 nitrogen and oxygen atoms in total. The number of piperidine rings is 2. The van der Waals surface area contributed by atoms with Crippen LogP contribution in [0.1, 0.15) is 51.0 Å². The van der Waals surface area contributed by atoms with E-state index in [2.05, 4.69) is 33.8 Å². The monoisotopic (exact) mass is 408 g/mol. The van der Waals surface area contributed by atoms with Gasteiger partial charge in [0.25, 0.3) is 0 Å². The van der Waals surface area contributed by atoms with E-state index in [4.69, 9.17) is 4.74 Å². The van der Waals surface area contributed by atoms with Gasteiger partial charge in [-0.3, -0.25) is 9.69 Å². The van der Waals surface area contributed by atoms with Gasteiger partial charge < -0.3 is 14.7 Å². The summed E-state index contributed by atoms with van der Waals surface area (Å²) in [6.45, 7) is 8.66. The van der Waals surface area contributed by atoms with Crippen LogP contribution >= 0.6 is 11.3 Å². The lowest BCUT2D eigenvalue weighted by Gasteiger charge is -2.36. The molecule has 4 heterocycles. The van der Waals surface area contributed by atoms with Crippen LogP contribution < -0.4 is 4.90 Å². The highest BCUT2D eigenvalue weighted by Gasteiger charge is 2.50. The maximum Gasteiger partial charge on any atom is 0.312 e. The first-order valence-electron chi connectivity index (χ1n) is 10.6. The lowest BCUT2D eigenvalue weighted by molar-refractivity contribution is -0.150. The summed E-state index contributed by atoms with van der Waals surface area (Å²) in [5.74, 6) is 0.575. The third-order valence-electron chi connectivity index (χ3n) is 6.37. The molecule has 3 fully saturated rings. The predicted molar refractivity (Wildman–Crippen MR) is 109 cm³/mol. The fourth-order valence-electron chi connectivity index (χ4n) is 4.67. The van der Waals surface area contributed by atoms with Crippen molar-refractivity contribution in [2.24, 2.45) is 11.3 Å². The van der Waals surface area contributed by atoms with E-state index in [1.165, 1.54) is 0 Å². The molecule has 0 bridgehead atoms. The number of anilines is 1. The highest BCUT2D eigenvalue weighted by molar-refractivity contribution is 7.15. The smallest absolute Gasteiger partial charge is 0.312 e. The van der Waals surface area contributed by atoms with Gasteiger partial charge in [0.1, 0.15) is 11.1 Å². The van der Waals surface area contributed by atoms with Crippen LogP contribution in [0.15, 0.2) is 0 Å². The number of rotatable bonds is 5. The van der Waals surface area contributed by atoms with Crippen LogP contribution in [-0.2, 0) is 16.0 Å². The SMILES string of the molecule is CC(C)Cc1nnc(N2CCC3(CC2)CC(CN2CCC(O)CC2)OC3=O)s1. The van der Waals surface area contributed by atoms with Crippen LogP contribution in [0.5, 0.6) is 0 Å². The van der Waals surface area contributed by atoms with Crippen molar-refractivity contribution in [3.05, 3.63) is 5.01 Å². The van der Waals surface area contributed by atoms with Gasteiger partial charge in [0, 0.05) is 45.6 Å². The first-order valence-corrected chi connectivity index (χ1v) is 11.4. The van der Waals surface area contributed by atoms with Gasteiger partial charge in [-0.05, 0) is 31.6 Å². The van der Waals surface area contributed by atoms with Gasteiger partial charge >= 0.3 is 5.97 Å². The maximum absolute atomic E-state index is 12.7. The Hall–Kier alpha value is -1.25. The van der Waals surface area contributed by atoms with Gasteiger partial charge in [-0.2, -0.15) is 0 Å². The first-order chi connectivity index (χ1) is 13.4. The van der Waals surface area contributed by atoms with Crippen molar-refractivity contribution in [3.8, 4) is 0 Å². The number of hydrogen-bond donors (Lipinski definition) is 1. The number of aromatic nitrogens is 2. The Kier molecular flexibility index (Phi) is 5.90. The molecular formula is C20H32N4O3S. The molecule has 0 saturated carbocycles. The summed E-state index contributed by atoms with van der Waals surface area (Å²) >= 11 is 1.68. The van der Waals surface area contributed by atoms with Crippen molar-refractivity contribution in [2.45, 2.75) is 64.6 Å². The number of aliphatic hydroxyl groups excluding tert-OH is 1. The van der Waals surface area contributed by atoms with Crippen LogP contribution in [-0.4, -0.2) is 71.1 Å². The quantitative estimate of drug-likeness (QED) is 0.748. The van der Waals surface area contributed by atoms with Crippen molar-refractivity contribution in [3.63, 3.8) is 0 Å². The van der Waals surface area contributed by atoms with Gasteiger partial charge in [-0.25, -0.2) is 0 Å². The Bertz CT molecular complexity index is 679. The van der Waals surface area contributed by atoms with Crippen molar-refractivity contribution in [1.29, 1.82) is 0 Å². The standard InChI is InChI=1S/C20H32N4O3S/c1-14(2)11-17-21-22-19(28-17)24-9-5-20(6-10-24)12-16(27-18(20)26)13-23-7-3-15(25)4-8-23/h14-16,25H,3-13H2,1-2H3. The predicted octanol–water partition coefficient (Wildman–Crippen LogP) is 2.10. The van der Waals surface area contributed by atoms with E-state index >= 15 is 0 Å². The molecule has 3 aliphatic heterocycles. The molecule has 156 valence electrons. The normalized spacial score (nSPS) is 26.4. The Morgan fingerprint density at radius 3 is 2.61 bits per heavy atom. The second-order valence-corrected chi connectivity index (χ2v) is 10.1. The van der Waals surface area contributed by atoms with E-state index < -0.39 is 0 Å². The molecule has 3 saturated heterocycles. The molecule has 1 aromatic rings. The van der Waals surface area contributed by atoms with Crippen molar-refractivity contribution >= 4 is 22.4 Å². The third kappa shape index (κ3) is 4.33. The second kappa shape index (κ2) is 8.24. The highest BCUT2D eigenvalue weighted by atomic mass is 32.1. The largest absolute Gasteiger partial charge is 0.461 e. The lowest BCUT2D eigenvalue weighted by Crippen LogP contribution is -2.43. The summed E-state index contributed by atoms with van der Waals surface area (Å²) in [7, 11) is 0. The van der Waals surface area contributed by atoms with E-state index in [1.807, 2.05) is 0 Å². The molecule has 1 N–H and O–H groups in total. The van der Waals surface area contributed by atoms with E-state index in [-0.39, 0.29) is 23.6 Å².